The predicted octanol–water partition coefficient (Wildman–Crippen LogP) is 3.99. The van der Waals surface area contributed by atoms with Crippen LogP contribution in [0.5, 0.6) is 0 Å². The second-order valence-corrected chi connectivity index (χ2v) is 7.13. The molecule has 142 valence electrons. The van der Waals surface area contributed by atoms with E-state index >= 15 is 0 Å². The van der Waals surface area contributed by atoms with Crippen molar-refractivity contribution in [2.45, 2.75) is 45.3 Å². The fraction of sp³-hybridized carbons (Fsp3) is 0.364. The van der Waals surface area contributed by atoms with Crippen molar-refractivity contribution in [3.63, 3.8) is 0 Å². The molecule has 1 aliphatic heterocycles. The van der Waals surface area contributed by atoms with E-state index in [4.69, 9.17) is 4.74 Å². The molecule has 27 heavy (non-hydrogen) atoms. The van der Waals surface area contributed by atoms with Crippen LogP contribution in [0.2, 0.25) is 0 Å². The predicted molar refractivity (Wildman–Crippen MR) is 101 cm³/mol. The zero-order valence-corrected chi connectivity index (χ0v) is 15.5. The number of amides is 1. The van der Waals surface area contributed by atoms with Crippen LogP contribution in [0.4, 0.5) is 4.39 Å². The van der Waals surface area contributed by atoms with Gasteiger partial charge < -0.3 is 10.1 Å². The Morgan fingerprint density at radius 2 is 2.04 bits per heavy atom. The van der Waals surface area contributed by atoms with E-state index in [1.165, 1.54) is 12.1 Å². The van der Waals surface area contributed by atoms with E-state index in [0.29, 0.717) is 30.5 Å². The second kappa shape index (κ2) is 8.33. The van der Waals surface area contributed by atoms with Gasteiger partial charge >= 0.3 is 5.97 Å². The molecule has 3 rings (SSSR count). The van der Waals surface area contributed by atoms with Crippen LogP contribution < -0.4 is 5.32 Å². The second-order valence-electron chi connectivity index (χ2n) is 7.13. The van der Waals surface area contributed by atoms with Gasteiger partial charge in [-0.3, -0.25) is 4.79 Å². The van der Waals surface area contributed by atoms with E-state index < -0.39 is 0 Å². The van der Waals surface area contributed by atoms with E-state index in [1.54, 1.807) is 12.1 Å². The van der Waals surface area contributed by atoms with Crippen molar-refractivity contribution in [3.05, 3.63) is 71.1 Å². The van der Waals surface area contributed by atoms with Crippen molar-refractivity contribution in [3.8, 4) is 0 Å². The highest BCUT2D eigenvalue weighted by molar-refractivity contribution is 5.93. The number of hydrogen-bond acceptors (Lipinski definition) is 3. The summed E-state index contributed by atoms with van der Waals surface area (Å²) >= 11 is 0. The SMILES string of the molecule is C=C1C(=O)O[C@@H]2C=C(C)CCC=C(C(=O)NCc3ccc(F)cc3)CC[C@@H]12. The van der Waals surface area contributed by atoms with Crippen LogP contribution in [-0.4, -0.2) is 18.0 Å². The molecular formula is C22H24FNO3. The van der Waals surface area contributed by atoms with Gasteiger partial charge in [-0.1, -0.05) is 30.4 Å². The number of hydrogen-bond donors (Lipinski definition) is 1. The van der Waals surface area contributed by atoms with Crippen LogP contribution in [0.3, 0.4) is 0 Å². The monoisotopic (exact) mass is 369 g/mol. The first kappa shape index (κ1) is 19.1. The standard InChI is InChI=1S/C22H24FNO3/c1-14-4-3-5-17(8-11-19-15(2)22(26)27-20(19)12-14)21(25)24-13-16-6-9-18(23)10-7-16/h5-7,9-10,12,19-20H,2-4,8,11,13H2,1H3,(H,24,25)/t19-,20+/m0/s1. The van der Waals surface area contributed by atoms with E-state index in [2.05, 4.69) is 11.9 Å². The number of ether oxygens (including phenoxy) is 1. The maximum absolute atomic E-state index is 13.0. The van der Waals surface area contributed by atoms with Crippen molar-refractivity contribution in [1.29, 1.82) is 0 Å². The number of rotatable bonds is 3. The van der Waals surface area contributed by atoms with Gasteiger partial charge in [0.15, 0.2) is 0 Å². The molecule has 1 aromatic rings. The number of nitrogens with one attached hydrogen (secondary N) is 1. The van der Waals surface area contributed by atoms with Gasteiger partial charge in [-0.2, -0.15) is 0 Å². The Hall–Kier alpha value is -2.69. The molecule has 0 radical (unpaired) electrons. The van der Waals surface area contributed by atoms with Crippen molar-refractivity contribution < 1.29 is 18.7 Å². The molecule has 1 amide bonds. The lowest BCUT2D eigenvalue weighted by Crippen LogP contribution is -2.25. The molecule has 4 nitrogen and oxygen atoms in total. The molecule has 0 bridgehead atoms. The van der Waals surface area contributed by atoms with Crippen LogP contribution >= 0.6 is 0 Å². The van der Waals surface area contributed by atoms with Gasteiger partial charge in [-0.05, 0) is 56.4 Å². The minimum absolute atomic E-state index is 0.0983. The lowest BCUT2D eigenvalue weighted by molar-refractivity contribution is -0.137. The van der Waals surface area contributed by atoms with E-state index in [-0.39, 0.29) is 29.7 Å². The summed E-state index contributed by atoms with van der Waals surface area (Å²) in [6.07, 6.45) is 6.45. The Balaban J connectivity index is 1.68. The van der Waals surface area contributed by atoms with Gasteiger partial charge in [-0.25, -0.2) is 9.18 Å². The molecule has 0 spiro atoms. The molecule has 5 heteroatoms. The molecular weight excluding hydrogens is 345 g/mol. The smallest absolute Gasteiger partial charge is 0.334 e. The molecule has 1 N–H and O–H groups in total. The van der Waals surface area contributed by atoms with Gasteiger partial charge in [-0.15, -0.1) is 0 Å². The first-order valence-corrected chi connectivity index (χ1v) is 9.23. The third-order valence-electron chi connectivity index (χ3n) is 5.11. The summed E-state index contributed by atoms with van der Waals surface area (Å²) in [5.74, 6) is -0.876. The minimum Gasteiger partial charge on any atom is -0.454 e. The molecule has 0 unspecified atom stereocenters. The lowest BCUT2D eigenvalue weighted by atomic mass is 9.87. The maximum Gasteiger partial charge on any atom is 0.334 e. The highest BCUT2D eigenvalue weighted by atomic mass is 19.1. The summed E-state index contributed by atoms with van der Waals surface area (Å²) in [4.78, 5) is 24.5. The summed E-state index contributed by atoms with van der Waals surface area (Å²) < 4.78 is 18.4. The zero-order valence-electron chi connectivity index (χ0n) is 15.5. The van der Waals surface area contributed by atoms with Gasteiger partial charge in [0.1, 0.15) is 11.9 Å². The topological polar surface area (TPSA) is 55.4 Å². The normalized spacial score (nSPS) is 23.0. The highest BCUT2D eigenvalue weighted by Crippen LogP contribution is 2.34. The Morgan fingerprint density at radius 3 is 2.78 bits per heavy atom. The quantitative estimate of drug-likeness (QED) is 0.498. The van der Waals surface area contributed by atoms with Crippen LogP contribution in [0, 0.1) is 11.7 Å². The van der Waals surface area contributed by atoms with Crippen molar-refractivity contribution in [2.24, 2.45) is 5.92 Å². The number of carbonyl (C=O) groups is 2. The van der Waals surface area contributed by atoms with Gasteiger partial charge in [0.25, 0.3) is 0 Å². The first-order valence-electron chi connectivity index (χ1n) is 9.23. The zero-order chi connectivity index (χ0) is 19.4. The van der Waals surface area contributed by atoms with Crippen LogP contribution in [-0.2, 0) is 20.9 Å². The fourth-order valence-electron chi connectivity index (χ4n) is 3.47. The van der Waals surface area contributed by atoms with Gasteiger partial charge in [0.2, 0.25) is 5.91 Å². The molecule has 1 aliphatic carbocycles. The summed E-state index contributed by atoms with van der Waals surface area (Å²) in [5, 5.41) is 2.90. The maximum atomic E-state index is 13.0. The molecule has 1 aromatic carbocycles. The van der Waals surface area contributed by atoms with E-state index in [1.807, 2.05) is 19.1 Å². The Kier molecular flexibility index (Phi) is 5.89. The Bertz CT molecular complexity index is 807. The molecule has 1 saturated heterocycles. The largest absolute Gasteiger partial charge is 0.454 e. The number of allylic oxidation sites excluding steroid dienone is 2. The molecule has 0 aromatic heterocycles. The Morgan fingerprint density at radius 1 is 1.30 bits per heavy atom. The summed E-state index contributed by atoms with van der Waals surface area (Å²) in [6.45, 7) is 6.22. The number of benzene rings is 1. The summed E-state index contributed by atoms with van der Waals surface area (Å²) in [6, 6.07) is 6.06. The van der Waals surface area contributed by atoms with Crippen LogP contribution in [0.1, 0.15) is 38.2 Å². The number of carbonyl (C=O) groups excluding carboxylic acids is 2. The van der Waals surface area contributed by atoms with Crippen molar-refractivity contribution >= 4 is 11.9 Å². The van der Waals surface area contributed by atoms with Gasteiger partial charge in [0, 0.05) is 23.6 Å². The van der Waals surface area contributed by atoms with E-state index in [0.717, 1.165) is 24.0 Å². The van der Waals surface area contributed by atoms with Crippen LogP contribution in [0.25, 0.3) is 0 Å². The third-order valence-corrected chi connectivity index (χ3v) is 5.11. The fourth-order valence-corrected chi connectivity index (χ4v) is 3.47. The summed E-state index contributed by atoms with van der Waals surface area (Å²) in [5.41, 5.74) is 3.16. The average Bonchev–Trinajstić information content (AvgIpc) is 2.91. The molecule has 1 fully saturated rings. The number of halogens is 1. The van der Waals surface area contributed by atoms with Crippen molar-refractivity contribution in [1.82, 2.24) is 5.32 Å². The first-order chi connectivity index (χ1) is 12.9. The number of esters is 1. The molecule has 0 saturated carbocycles. The van der Waals surface area contributed by atoms with Crippen molar-refractivity contribution in [2.75, 3.05) is 0 Å². The lowest BCUT2D eigenvalue weighted by Gasteiger charge is -2.18. The Labute approximate surface area is 158 Å². The van der Waals surface area contributed by atoms with E-state index in [9.17, 15) is 14.0 Å². The highest BCUT2D eigenvalue weighted by Gasteiger charge is 2.37. The third kappa shape index (κ3) is 4.73. The van der Waals surface area contributed by atoms with Gasteiger partial charge in [0.05, 0.1) is 0 Å². The molecule has 2 atom stereocenters. The average molecular weight is 369 g/mol. The summed E-state index contributed by atoms with van der Waals surface area (Å²) in [7, 11) is 0. The molecule has 1 heterocycles. The van der Waals surface area contributed by atoms with Crippen LogP contribution in [0.15, 0.2) is 59.7 Å². The number of fused-ring (bicyclic) bond motifs is 1. The minimum atomic E-state index is -0.348. The molecule has 2 aliphatic rings.